The van der Waals surface area contributed by atoms with Gasteiger partial charge in [-0.05, 0) is 18.9 Å². The van der Waals surface area contributed by atoms with Crippen molar-refractivity contribution in [2.45, 2.75) is 18.8 Å². The van der Waals surface area contributed by atoms with Gasteiger partial charge in [-0.2, -0.15) is 0 Å². The van der Waals surface area contributed by atoms with Gasteiger partial charge in [0.25, 0.3) is 0 Å². The average molecular weight is 266 g/mol. The zero-order chi connectivity index (χ0) is 12.6. The van der Waals surface area contributed by atoms with Crippen LogP contribution in [0.3, 0.4) is 0 Å². The highest BCUT2D eigenvalue weighted by molar-refractivity contribution is 6.18. The lowest BCUT2D eigenvalue weighted by Gasteiger charge is -2.15. The SMILES string of the molecule is O=C(NCC1(CCl)CC1)C1COc2ccccc21. The number of rotatable bonds is 4. The van der Waals surface area contributed by atoms with Crippen LogP contribution in [0.2, 0.25) is 0 Å². The predicted molar refractivity (Wildman–Crippen MR) is 70.1 cm³/mol. The van der Waals surface area contributed by atoms with Crippen molar-refractivity contribution >= 4 is 17.5 Å². The number of halogens is 1. The fourth-order valence-corrected chi connectivity index (χ4v) is 2.67. The number of amides is 1. The molecular formula is C14H16ClNO2. The van der Waals surface area contributed by atoms with E-state index in [9.17, 15) is 4.79 Å². The fourth-order valence-electron chi connectivity index (χ4n) is 2.31. The van der Waals surface area contributed by atoms with Gasteiger partial charge < -0.3 is 10.1 Å². The summed E-state index contributed by atoms with van der Waals surface area (Å²) in [6, 6.07) is 7.73. The normalized spacial score (nSPS) is 23.1. The van der Waals surface area contributed by atoms with Gasteiger partial charge in [0.05, 0.1) is 0 Å². The van der Waals surface area contributed by atoms with Crippen molar-refractivity contribution in [1.29, 1.82) is 0 Å². The van der Waals surface area contributed by atoms with Gasteiger partial charge >= 0.3 is 0 Å². The standard InChI is InChI=1S/C14H16ClNO2/c15-8-14(5-6-14)9-16-13(17)11-7-18-12-4-2-1-3-10(11)12/h1-4,11H,5-9H2,(H,16,17). The number of para-hydroxylation sites is 1. The summed E-state index contributed by atoms with van der Waals surface area (Å²) in [6.07, 6.45) is 2.24. The maximum atomic E-state index is 12.2. The number of alkyl halides is 1. The first kappa shape index (κ1) is 11.8. The summed E-state index contributed by atoms with van der Waals surface area (Å²) in [6.45, 7) is 1.13. The maximum absolute atomic E-state index is 12.2. The van der Waals surface area contributed by atoms with Crippen LogP contribution < -0.4 is 10.1 Å². The highest BCUT2D eigenvalue weighted by Crippen LogP contribution is 2.46. The molecule has 96 valence electrons. The van der Waals surface area contributed by atoms with Crippen molar-refractivity contribution in [2.75, 3.05) is 19.0 Å². The third-order valence-electron chi connectivity index (χ3n) is 3.89. The third-order valence-corrected chi connectivity index (χ3v) is 4.46. The first-order valence-corrected chi connectivity index (χ1v) is 6.83. The second kappa shape index (κ2) is 4.47. The molecule has 0 spiro atoms. The maximum Gasteiger partial charge on any atom is 0.231 e. The van der Waals surface area contributed by atoms with Gasteiger partial charge in [0.15, 0.2) is 0 Å². The van der Waals surface area contributed by atoms with Crippen LogP contribution in [0.5, 0.6) is 5.75 Å². The van der Waals surface area contributed by atoms with E-state index in [-0.39, 0.29) is 17.2 Å². The lowest BCUT2D eigenvalue weighted by atomic mass is 10.00. The Labute approximate surface area is 111 Å². The van der Waals surface area contributed by atoms with E-state index >= 15 is 0 Å². The van der Waals surface area contributed by atoms with Crippen molar-refractivity contribution in [3.8, 4) is 5.75 Å². The fraction of sp³-hybridized carbons (Fsp3) is 0.500. The molecular weight excluding hydrogens is 250 g/mol. The number of hydrogen-bond acceptors (Lipinski definition) is 2. The molecule has 0 aromatic heterocycles. The van der Waals surface area contributed by atoms with E-state index in [1.165, 1.54) is 0 Å². The van der Waals surface area contributed by atoms with Crippen molar-refractivity contribution in [1.82, 2.24) is 5.32 Å². The number of carbonyl (C=O) groups excluding carboxylic acids is 1. The van der Waals surface area contributed by atoms with E-state index in [1.807, 2.05) is 24.3 Å². The predicted octanol–water partition coefficient (Wildman–Crippen LogP) is 2.30. The number of ether oxygens (including phenoxy) is 1. The quantitative estimate of drug-likeness (QED) is 0.849. The molecule has 4 heteroatoms. The molecule has 0 bridgehead atoms. The zero-order valence-electron chi connectivity index (χ0n) is 10.1. The van der Waals surface area contributed by atoms with Crippen molar-refractivity contribution in [3.05, 3.63) is 29.8 Å². The van der Waals surface area contributed by atoms with Crippen molar-refractivity contribution in [2.24, 2.45) is 5.41 Å². The van der Waals surface area contributed by atoms with Gasteiger partial charge in [0.2, 0.25) is 5.91 Å². The van der Waals surface area contributed by atoms with Gasteiger partial charge in [-0.3, -0.25) is 4.79 Å². The Kier molecular flexibility index (Phi) is 2.94. The minimum Gasteiger partial charge on any atom is -0.492 e. The summed E-state index contributed by atoms with van der Waals surface area (Å²) in [5.74, 6) is 1.34. The topological polar surface area (TPSA) is 38.3 Å². The Bertz CT molecular complexity index is 471. The highest BCUT2D eigenvalue weighted by atomic mass is 35.5. The van der Waals surface area contributed by atoms with Crippen LogP contribution in [0.25, 0.3) is 0 Å². The molecule has 1 aliphatic carbocycles. The molecule has 1 aliphatic heterocycles. The van der Waals surface area contributed by atoms with Crippen LogP contribution in [0.15, 0.2) is 24.3 Å². The summed E-state index contributed by atoms with van der Waals surface area (Å²) >= 11 is 5.90. The van der Waals surface area contributed by atoms with Gasteiger partial charge in [0, 0.05) is 23.4 Å². The van der Waals surface area contributed by atoms with Gasteiger partial charge in [-0.15, -0.1) is 11.6 Å². The molecule has 0 radical (unpaired) electrons. The summed E-state index contributed by atoms with van der Waals surface area (Å²) in [5, 5.41) is 3.02. The average Bonchev–Trinajstić information content (AvgIpc) is 3.07. The van der Waals surface area contributed by atoms with E-state index in [0.29, 0.717) is 19.0 Å². The van der Waals surface area contributed by atoms with E-state index in [2.05, 4.69) is 5.32 Å². The van der Waals surface area contributed by atoms with E-state index in [0.717, 1.165) is 24.2 Å². The molecule has 1 amide bonds. The molecule has 0 saturated heterocycles. The van der Waals surface area contributed by atoms with Crippen LogP contribution >= 0.6 is 11.6 Å². The molecule has 1 unspecified atom stereocenters. The molecule has 18 heavy (non-hydrogen) atoms. The molecule has 1 heterocycles. The number of fused-ring (bicyclic) bond motifs is 1. The van der Waals surface area contributed by atoms with E-state index < -0.39 is 0 Å². The number of nitrogens with one attached hydrogen (secondary N) is 1. The molecule has 3 rings (SSSR count). The van der Waals surface area contributed by atoms with E-state index in [4.69, 9.17) is 16.3 Å². The summed E-state index contributed by atoms with van der Waals surface area (Å²) in [4.78, 5) is 12.2. The second-order valence-corrected chi connectivity index (χ2v) is 5.52. The lowest BCUT2D eigenvalue weighted by molar-refractivity contribution is -0.123. The summed E-state index contributed by atoms with van der Waals surface area (Å²) in [5.41, 5.74) is 1.15. The number of carbonyl (C=O) groups is 1. The summed E-state index contributed by atoms with van der Waals surface area (Å²) in [7, 11) is 0. The Morgan fingerprint density at radius 1 is 1.44 bits per heavy atom. The van der Waals surface area contributed by atoms with E-state index in [1.54, 1.807) is 0 Å². The van der Waals surface area contributed by atoms with Crippen LogP contribution in [0, 0.1) is 5.41 Å². The third kappa shape index (κ3) is 2.07. The first-order chi connectivity index (χ1) is 8.74. The van der Waals surface area contributed by atoms with Gasteiger partial charge in [0.1, 0.15) is 18.3 Å². The minimum absolute atomic E-state index is 0.0522. The van der Waals surface area contributed by atoms with Crippen LogP contribution in [0.1, 0.15) is 24.3 Å². The molecule has 1 aromatic carbocycles. The van der Waals surface area contributed by atoms with Gasteiger partial charge in [-0.25, -0.2) is 0 Å². The van der Waals surface area contributed by atoms with Crippen molar-refractivity contribution < 1.29 is 9.53 Å². The van der Waals surface area contributed by atoms with Gasteiger partial charge in [-0.1, -0.05) is 18.2 Å². The molecule has 1 atom stereocenters. The van der Waals surface area contributed by atoms with Crippen molar-refractivity contribution in [3.63, 3.8) is 0 Å². The highest BCUT2D eigenvalue weighted by Gasteiger charge is 2.42. The Hall–Kier alpha value is -1.22. The number of hydrogen-bond donors (Lipinski definition) is 1. The van der Waals surface area contributed by atoms with Crippen LogP contribution in [-0.2, 0) is 4.79 Å². The minimum atomic E-state index is -0.174. The zero-order valence-corrected chi connectivity index (χ0v) is 10.9. The monoisotopic (exact) mass is 265 g/mol. The largest absolute Gasteiger partial charge is 0.492 e. The molecule has 1 saturated carbocycles. The second-order valence-electron chi connectivity index (χ2n) is 5.25. The first-order valence-electron chi connectivity index (χ1n) is 6.29. The molecule has 3 nitrogen and oxygen atoms in total. The van der Waals surface area contributed by atoms with Crippen LogP contribution in [0.4, 0.5) is 0 Å². The summed E-state index contributed by atoms with van der Waals surface area (Å²) < 4.78 is 5.52. The molecule has 1 N–H and O–H groups in total. The van der Waals surface area contributed by atoms with Crippen LogP contribution in [-0.4, -0.2) is 24.9 Å². The smallest absolute Gasteiger partial charge is 0.231 e. The Balaban J connectivity index is 1.64. The Morgan fingerprint density at radius 2 is 2.22 bits per heavy atom. The molecule has 1 fully saturated rings. The molecule has 2 aliphatic rings. The Morgan fingerprint density at radius 3 is 2.94 bits per heavy atom. The number of benzene rings is 1. The molecule has 1 aromatic rings. The lowest BCUT2D eigenvalue weighted by Crippen LogP contribution is -2.35.